The summed E-state index contributed by atoms with van der Waals surface area (Å²) in [5.41, 5.74) is 2.17. The van der Waals surface area contributed by atoms with E-state index in [1.807, 2.05) is 6.92 Å². The zero-order chi connectivity index (χ0) is 10.4. The first kappa shape index (κ1) is 11.4. The first-order valence-electron chi connectivity index (χ1n) is 5.04. The van der Waals surface area contributed by atoms with Gasteiger partial charge in [0.25, 0.3) is 0 Å². The van der Waals surface area contributed by atoms with Crippen molar-refractivity contribution in [3.63, 3.8) is 0 Å². The van der Waals surface area contributed by atoms with Gasteiger partial charge in [-0.05, 0) is 6.42 Å². The molecular formula is C9H19N3O2. The van der Waals surface area contributed by atoms with Crippen molar-refractivity contribution in [3.05, 3.63) is 0 Å². The molecule has 14 heavy (non-hydrogen) atoms. The Labute approximate surface area is 84.5 Å². The molecule has 1 aliphatic heterocycles. The molecule has 0 aromatic heterocycles. The first-order chi connectivity index (χ1) is 6.74. The Balaban J connectivity index is 2.30. The number of rotatable bonds is 3. The van der Waals surface area contributed by atoms with Crippen molar-refractivity contribution in [2.75, 3.05) is 32.8 Å². The molecule has 1 atom stereocenters. The zero-order valence-corrected chi connectivity index (χ0v) is 8.66. The fourth-order valence-corrected chi connectivity index (χ4v) is 1.59. The minimum atomic E-state index is -0.102. The van der Waals surface area contributed by atoms with Crippen LogP contribution in [0.25, 0.3) is 0 Å². The average molecular weight is 201 g/mol. The standard InChI is InChI=1S/C9H19N3O2/c1-8(9(13)11-10)7-12-3-2-5-14-6-4-12/h8H,2-7,10H2,1H3,(H,11,13). The van der Waals surface area contributed by atoms with Crippen LogP contribution < -0.4 is 11.3 Å². The van der Waals surface area contributed by atoms with Crippen LogP contribution in [0.4, 0.5) is 0 Å². The van der Waals surface area contributed by atoms with Gasteiger partial charge in [-0.25, -0.2) is 5.84 Å². The fourth-order valence-electron chi connectivity index (χ4n) is 1.59. The Morgan fingerprint density at radius 1 is 1.57 bits per heavy atom. The van der Waals surface area contributed by atoms with E-state index in [2.05, 4.69) is 10.3 Å². The van der Waals surface area contributed by atoms with Crippen molar-refractivity contribution in [1.82, 2.24) is 10.3 Å². The van der Waals surface area contributed by atoms with E-state index in [1.165, 1.54) is 0 Å². The molecule has 0 aromatic rings. The monoisotopic (exact) mass is 201 g/mol. The number of hydrogen-bond donors (Lipinski definition) is 2. The van der Waals surface area contributed by atoms with E-state index in [0.717, 1.165) is 39.3 Å². The van der Waals surface area contributed by atoms with Crippen LogP contribution in [-0.4, -0.2) is 43.7 Å². The second-order valence-corrected chi connectivity index (χ2v) is 3.68. The topological polar surface area (TPSA) is 67.6 Å². The largest absolute Gasteiger partial charge is 0.380 e. The van der Waals surface area contributed by atoms with Crippen molar-refractivity contribution >= 4 is 5.91 Å². The SMILES string of the molecule is CC(CN1CCCOCC1)C(=O)NN. The molecule has 1 heterocycles. The van der Waals surface area contributed by atoms with E-state index in [-0.39, 0.29) is 11.8 Å². The molecule has 0 spiro atoms. The fraction of sp³-hybridized carbons (Fsp3) is 0.889. The summed E-state index contributed by atoms with van der Waals surface area (Å²) in [5.74, 6) is 4.91. The molecule has 5 heteroatoms. The van der Waals surface area contributed by atoms with Crippen LogP contribution in [0.1, 0.15) is 13.3 Å². The molecular weight excluding hydrogens is 182 g/mol. The lowest BCUT2D eigenvalue weighted by molar-refractivity contribution is -0.125. The summed E-state index contributed by atoms with van der Waals surface area (Å²) in [5, 5.41) is 0. The lowest BCUT2D eigenvalue weighted by Crippen LogP contribution is -2.41. The predicted molar refractivity (Wildman–Crippen MR) is 53.4 cm³/mol. The second kappa shape index (κ2) is 5.95. The van der Waals surface area contributed by atoms with Gasteiger partial charge in [0.15, 0.2) is 0 Å². The molecule has 1 unspecified atom stereocenters. The molecule has 0 aromatic carbocycles. The van der Waals surface area contributed by atoms with Crippen LogP contribution in [0.3, 0.4) is 0 Å². The number of nitrogens with zero attached hydrogens (tertiary/aromatic N) is 1. The molecule has 82 valence electrons. The summed E-state index contributed by atoms with van der Waals surface area (Å²) in [6.07, 6.45) is 1.04. The van der Waals surface area contributed by atoms with E-state index in [0.29, 0.717) is 0 Å². The van der Waals surface area contributed by atoms with Gasteiger partial charge < -0.3 is 9.64 Å². The van der Waals surface area contributed by atoms with Crippen LogP contribution in [0.2, 0.25) is 0 Å². The summed E-state index contributed by atoms with van der Waals surface area (Å²) in [4.78, 5) is 13.4. The third kappa shape index (κ3) is 3.61. The molecule has 0 aliphatic carbocycles. The number of hydrazine groups is 1. The molecule has 1 amide bonds. The minimum absolute atomic E-state index is 0.0573. The normalized spacial score (nSPS) is 21.3. The third-order valence-corrected chi connectivity index (χ3v) is 2.44. The highest BCUT2D eigenvalue weighted by Crippen LogP contribution is 2.04. The number of ether oxygens (including phenoxy) is 1. The van der Waals surface area contributed by atoms with Crippen molar-refractivity contribution in [1.29, 1.82) is 0 Å². The van der Waals surface area contributed by atoms with Gasteiger partial charge in [-0.1, -0.05) is 6.92 Å². The lowest BCUT2D eigenvalue weighted by atomic mass is 10.1. The Morgan fingerprint density at radius 2 is 2.36 bits per heavy atom. The maximum Gasteiger partial charge on any atom is 0.237 e. The summed E-state index contributed by atoms with van der Waals surface area (Å²) in [7, 11) is 0. The third-order valence-electron chi connectivity index (χ3n) is 2.44. The summed E-state index contributed by atoms with van der Waals surface area (Å²) in [6.45, 7) is 6.13. The Hall–Kier alpha value is -0.650. The van der Waals surface area contributed by atoms with Crippen molar-refractivity contribution in [2.45, 2.75) is 13.3 Å². The summed E-state index contributed by atoms with van der Waals surface area (Å²) < 4.78 is 5.33. The molecule has 5 nitrogen and oxygen atoms in total. The second-order valence-electron chi connectivity index (χ2n) is 3.68. The van der Waals surface area contributed by atoms with Crippen LogP contribution in [0, 0.1) is 5.92 Å². The molecule has 1 saturated heterocycles. The van der Waals surface area contributed by atoms with E-state index in [1.54, 1.807) is 0 Å². The van der Waals surface area contributed by atoms with Crippen LogP contribution in [-0.2, 0) is 9.53 Å². The van der Waals surface area contributed by atoms with Crippen molar-refractivity contribution in [3.8, 4) is 0 Å². The number of carbonyl (C=O) groups is 1. The molecule has 1 aliphatic rings. The van der Waals surface area contributed by atoms with Crippen LogP contribution in [0.15, 0.2) is 0 Å². The van der Waals surface area contributed by atoms with E-state index < -0.39 is 0 Å². The van der Waals surface area contributed by atoms with E-state index in [9.17, 15) is 4.79 Å². The van der Waals surface area contributed by atoms with Gasteiger partial charge in [-0.3, -0.25) is 10.2 Å². The van der Waals surface area contributed by atoms with Gasteiger partial charge in [-0.2, -0.15) is 0 Å². The Morgan fingerprint density at radius 3 is 3.07 bits per heavy atom. The van der Waals surface area contributed by atoms with Crippen LogP contribution in [0.5, 0.6) is 0 Å². The predicted octanol–water partition coefficient (Wildman–Crippen LogP) is -0.665. The Bertz CT molecular complexity index is 179. The highest BCUT2D eigenvalue weighted by atomic mass is 16.5. The highest BCUT2D eigenvalue weighted by Gasteiger charge is 2.17. The van der Waals surface area contributed by atoms with Gasteiger partial charge in [0, 0.05) is 32.2 Å². The number of carbonyl (C=O) groups excluding carboxylic acids is 1. The molecule has 0 radical (unpaired) electrons. The summed E-state index contributed by atoms with van der Waals surface area (Å²) >= 11 is 0. The van der Waals surface area contributed by atoms with Crippen molar-refractivity contribution in [2.24, 2.45) is 11.8 Å². The van der Waals surface area contributed by atoms with Crippen molar-refractivity contribution < 1.29 is 9.53 Å². The molecule has 0 bridgehead atoms. The van der Waals surface area contributed by atoms with Gasteiger partial charge in [-0.15, -0.1) is 0 Å². The Kier molecular flexibility index (Phi) is 4.86. The van der Waals surface area contributed by atoms with Gasteiger partial charge in [0.2, 0.25) is 5.91 Å². The van der Waals surface area contributed by atoms with Gasteiger partial charge in [0.1, 0.15) is 0 Å². The molecule has 1 rings (SSSR count). The lowest BCUT2D eigenvalue weighted by Gasteiger charge is -2.22. The molecule has 3 N–H and O–H groups in total. The minimum Gasteiger partial charge on any atom is -0.380 e. The first-order valence-corrected chi connectivity index (χ1v) is 5.04. The number of nitrogens with two attached hydrogens (primary N) is 1. The van der Waals surface area contributed by atoms with E-state index in [4.69, 9.17) is 10.6 Å². The zero-order valence-electron chi connectivity index (χ0n) is 8.66. The maximum atomic E-state index is 11.2. The summed E-state index contributed by atoms with van der Waals surface area (Å²) in [6, 6.07) is 0. The quantitative estimate of drug-likeness (QED) is 0.361. The number of nitrogens with one attached hydrogen (secondary N) is 1. The van der Waals surface area contributed by atoms with Crippen LogP contribution >= 0.6 is 0 Å². The van der Waals surface area contributed by atoms with Gasteiger partial charge in [0.05, 0.1) is 6.61 Å². The maximum absolute atomic E-state index is 11.2. The number of hydrogen-bond acceptors (Lipinski definition) is 4. The average Bonchev–Trinajstić information content (AvgIpc) is 2.45. The van der Waals surface area contributed by atoms with E-state index >= 15 is 0 Å². The smallest absolute Gasteiger partial charge is 0.237 e. The number of amides is 1. The molecule has 1 fully saturated rings. The molecule has 0 saturated carbocycles. The van der Waals surface area contributed by atoms with Gasteiger partial charge >= 0.3 is 0 Å². The highest BCUT2D eigenvalue weighted by molar-refractivity contribution is 5.77.